The number of nitrogens with one attached hydrogen (secondary N) is 1. The van der Waals surface area contributed by atoms with Crippen molar-refractivity contribution >= 4 is 5.97 Å². The third-order valence-corrected chi connectivity index (χ3v) is 5.03. The van der Waals surface area contributed by atoms with Crippen LogP contribution in [0.5, 0.6) is 5.75 Å². The van der Waals surface area contributed by atoms with Crippen LogP contribution in [-0.2, 0) is 11.3 Å². The van der Waals surface area contributed by atoms with E-state index in [1.807, 2.05) is 18.2 Å². The van der Waals surface area contributed by atoms with Crippen LogP contribution in [0.25, 0.3) is 11.1 Å². The predicted molar refractivity (Wildman–Crippen MR) is 98.7 cm³/mol. The number of ether oxygens (including phenoxy) is 1. The summed E-state index contributed by atoms with van der Waals surface area (Å²) in [6, 6.07) is 17.0. The minimum atomic E-state index is -0.647. The first-order valence-corrected chi connectivity index (χ1v) is 8.85. The lowest BCUT2D eigenvalue weighted by Gasteiger charge is -2.27. The molecule has 1 aliphatic carbocycles. The average Bonchev–Trinajstić information content (AvgIpc) is 2.67. The van der Waals surface area contributed by atoms with E-state index in [1.54, 1.807) is 7.11 Å². The number of hydrogen-bond acceptors (Lipinski definition) is 3. The Morgan fingerprint density at radius 2 is 1.80 bits per heavy atom. The fourth-order valence-corrected chi connectivity index (χ4v) is 3.42. The van der Waals surface area contributed by atoms with Gasteiger partial charge >= 0.3 is 5.97 Å². The average molecular weight is 339 g/mol. The van der Waals surface area contributed by atoms with Gasteiger partial charge in [0.2, 0.25) is 0 Å². The maximum absolute atomic E-state index is 11.0. The van der Waals surface area contributed by atoms with Crippen molar-refractivity contribution in [2.24, 2.45) is 5.92 Å². The molecular weight excluding hydrogens is 314 g/mol. The summed E-state index contributed by atoms with van der Waals surface area (Å²) in [5.74, 6) is 0.0620. The zero-order chi connectivity index (χ0) is 17.6. The van der Waals surface area contributed by atoms with E-state index in [0.717, 1.165) is 43.5 Å². The molecule has 4 heteroatoms. The molecule has 25 heavy (non-hydrogen) atoms. The fourth-order valence-electron chi connectivity index (χ4n) is 3.42. The normalized spacial score (nSPS) is 20.2. The molecule has 0 bridgehead atoms. The van der Waals surface area contributed by atoms with E-state index in [9.17, 15) is 4.79 Å². The zero-order valence-electron chi connectivity index (χ0n) is 14.6. The number of rotatable bonds is 6. The number of carboxylic acid groups (broad SMARTS) is 1. The first-order chi connectivity index (χ1) is 12.2. The Kier molecular flexibility index (Phi) is 5.71. The quantitative estimate of drug-likeness (QED) is 0.832. The summed E-state index contributed by atoms with van der Waals surface area (Å²) in [5, 5.41) is 12.6. The van der Waals surface area contributed by atoms with E-state index in [0.29, 0.717) is 6.04 Å². The van der Waals surface area contributed by atoms with Crippen molar-refractivity contribution in [1.29, 1.82) is 0 Å². The lowest BCUT2D eigenvalue weighted by atomic mass is 9.86. The van der Waals surface area contributed by atoms with Crippen LogP contribution in [0, 0.1) is 5.92 Å². The van der Waals surface area contributed by atoms with Crippen molar-refractivity contribution in [3.8, 4) is 16.9 Å². The summed E-state index contributed by atoms with van der Waals surface area (Å²) >= 11 is 0. The van der Waals surface area contributed by atoms with Crippen LogP contribution in [0.4, 0.5) is 0 Å². The van der Waals surface area contributed by atoms with Crippen LogP contribution in [0.2, 0.25) is 0 Å². The Labute approximate surface area is 148 Å². The van der Waals surface area contributed by atoms with Gasteiger partial charge in [-0.1, -0.05) is 36.4 Å². The highest BCUT2D eigenvalue weighted by atomic mass is 16.5. The van der Waals surface area contributed by atoms with Crippen LogP contribution < -0.4 is 10.1 Å². The van der Waals surface area contributed by atoms with Crippen molar-refractivity contribution in [1.82, 2.24) is 5.32 Å². The molecule has 2 aromatic rings. The Bertz CT molecular complexity index is 703. The largest absolute Gasteiger partial charge is 0.497 e. The van der Waals surface area contributed by atoms with E-state index >= 15 is 0 Å². The first-order valence-electron chi connectivity index (χ1n) is 8.85. The third kappa shape index (κ3) is 4.60. The van der Waals surface area contributed by atoms with Gasteiger partial charge < -0.3 is 15.2 Å². The fraction of sp³-hybridized carbons (Fsp3) is 0.381. The molecule has 2 N–H and O–H groups in total. The second-order valence-corrected chi connectivity index (χ2v) is 6.70. The maximum atomic E-state index is 11.0. The molecule has 0 aliphatic heterocycles. The maximum Gasteiger partial charge on any atom is 0.306 e. The molecule has 0 unspecified atom stereocenters. The van der Waals surface area contributed by atoms with E-state index in [2.05, 4.69) is 35.6 Å². The number of benzene rings is 2. The monoisotopic (exact) mass is 339 g/mol. The molecule has 1 saturated carbocycles. The van der Waals surface area contributed by atoms with Crippen LogP contribution in [0.15, 0.2) is 48.5 Å². The second-order valence-electron chi connectivity index (χ2n) is 6.70. The van der Waals surface area contributed by atoms with Crippen LogP contribution in [0.3, 0.4) is 0 Å². The molecule has 0 heterocycles. The molecule has 0 saturated heterocycles. The minimum Gasteiger partial charge on any atom is -0.497 e. The summed E-state index contributed by atoms with van der Waals surface area (Å²) in [7, 11) is 1.68. The number of carboxylic acids is 1. The van der Waals surface area contributed by atoms with Crippen molar-refractivity contribution in [2.75, 3.05) is 7.11 Å². The van der Waals surface area contributed by atoms with Crippen LogP contribution in [0.1, 0.15) is 31.2 Å². The number of carbonyl (C=O) groups is 1. The topological polar surface area (TPSA) is 58.6 Å². The van der Waals surface area contributed by atoms with Gasteiger partial charge in [-0.15, -0.1) is 0 Å². The summed E-state index contributed by atoms with van der Waals surface area (Å²) in [6.45, 7) is 0.820. The second kappa shape index (κ2) is 8.17. The van der Waals surface area contributed by atoms with E-state index in [-0.39, 0.29) is 5.92 Å². The molecule has 0 aromatic heterocycles. The van der Waals surface area contributed by atoms with Gasteiger partial charge in [0, 0.05) is 12.6 Å². The Morgan fingerprint density at radius 1 is 1.08 bits per heavy atom. The Hall–Kier alpha value is -2.33. The molecule has 3 rings (SSSR count). The first kappa shape index (κ1) is 17.5. The Balaban J connectivity index is 1.54. The predicted octanol–water partition coefficient (Wildman–Crippen LogP) is 4.10. The molecule has 0 spiro atoms. The van der Waals surface area contributed by atoms with Gasteiger partial charge in [0.05, 0.1) is 13.0 Å². The molecule has 0 amide bonds. The van der Waals surface area contributed by atoms with Gasteiger partial charge in [-0.25, -0.2) is 0 Å². The van der Waals surface area contributed by atoms with Gasteiger partial charge in [-0.2, -0.15) is 0 Å². The van der Waals surface area contributed by atoms with Crippen LogP contribution >= 0.6 is 0 Å². The highest BCUT2D eigenvalue weighted by Gasteiger charge is 2.25. The minimum absolute atomic E-state index is 0.153. The molecule has 4 nitrogen and oxygen atoms in total. The van der Waals surface area contributed by atoms with Gasteiger partial charge in [0.25, 0.3) is 0 Å². The van der Waals surface area contributed by atoms with Crippen LogP contribution in [-0.4, -0.2) is 24.2 Å². The van der Waals surface area contributed by atoms with Gasteiger partial charge in [-0.3, -0.25) is 4.79 Å². The summed E-state index contributed by atoms with van der Waals surface area (Å²) < 4.78 is 5.28. The van der Waals surface area contributed by atoms with E-state index in [4.69, 9.17) is 9.84 Å². The lowest BCUT2D eigenvalue weighted by molar-refractivity contribution is -0.142. The number of hydrogen-bond donors (Lipinski definition) is 2. The summed E-state index contributed by atoms with van der Waals surface area (Å²) in [4.78, 5) is 11.0. The highest BCUT2D eigenvalue weighted by molar-refractivity contribution is 5.70. The molecule has 2 aromatic carbocycles. The van der Waals surface area contributed by atoms with E-state index < -0.39 is 5.97 Å². The molecule has 1 fully saturated rings. The smallest absolute Gasteiger partial charge is 0.306 e. The summed E-state index contributed by atoms with van der Waals surface area (Å²) in [5.41, 5.74) is 3.56. The molecule has 132 valence electrons. The third-order valence-electron chi connectivity index (χ3n) is 5.03. The van der Waals surface area contributed by atoms with E-state index in [1.165, 1.54) is 11.1 Å². The zero-order valence-corrected chi connectivity index (χ0v) is 14.6. The van der Waals surface area contributed by atoms with Crippen molar-refractivity contribution in [3.05, 3.63) is 54.1 Å². The Morgan fingerprint density at radius 3 is 2.44 bits per heavy atom. The summed E-state index contributed by atoms with van der Waals surface area (Å²) in [6.07, 6.45) is 3.45. The lowest BCUT2D eigenvalue weighted by Crippen LogP contribution is -2.34. The van der Waals surface area contributed by atoms with Crippen molar-refractivity contribution in [3.63, 3.8) is 0 Å². The van der Waals surface area contributed by atoms with Gasteiger partial charge in [0.15, 0.2) is 0 Å². The standard InChI is InChI=1S/C21H25NO3/c1-25-20-4-2-3-18(13-20)16-7-5-15(6-8-16)14-22-19-11-9-17(10-12-19)21(23)24/h2-8,13,17,19,22H,9-12,14H2,1H3,(H,23,24). The molecule has 0 radical (unpaired) electrons. The molecule has 1 aliphatic rings. The molecular formula is C21H25NO3. The van der Waals surface area contributed by atoms with Crippen molar-refractivity contribution < 1.29 is 14.6 Å². The van der Waals surface area contributed by atoms with Crippen molar-refractivity contribution in [2.45, 2.75) is 38.3 Å². The number of aliphatic carboxylic acids is 1. The molecule has 0 atom stereocenters. The highest BCUT2D eigenvalue weighted by Crippen LogP contribution is 2.26. The SMILES string of the molecule is COc1cccc(-c2ccc(CNC3CCC(C(=O)O)CC3)cc2)c1. The number of methoxy groups -OCH3 is 1. The van der Waals surface area contributed by atoms with Gasteiger partial charge in [-0.05, 0) is 54.5 Å². The van der Waals surface area contributed by atoms with Gasteiger partial charge in [0.1, 0.15) is 5.75 Å².